The van der Waals surface area contributed by atoms with Crippen LogP contribution < -0.4 is 14.8 Å². The number of ether oxygens (including phenoxy) is 2. The zero-order chi connectivity index (χ0) is 18.5. The maximum Gasteiger partial charge on any atom is 0.233 e. The maximum atomic E-state index is 12.7. The van der Waals surface area contributed by atoms with Gasteiger partial charge < -0.3 is 14.8 Å². The van der Waals surface area contributed by atoms with Crippen LogP contribution in [0.15, 0.2) is 30.4 Å². The van der Waals surface area contributed by atoms with Crippen LogP contribution >= 0.6 is 0 Å². The minimum absolute atomic E-state index is 0.0775. The van der Waals surface area contributed by atoms with Gasteiger partial charge in [0.25, 0.3) is 0 Å². The number of amides is 3. The molecule has 0 radical (unpaired) electrons. The summed E-state index contributed by atoms with van der Waals surface area (Å²) in [4.78, 5) is 39.1. The summed E-state index contributed by atoms with van der Waals surface area (Å²) in [6.07, 6.45) is 6.21. The van der Waals surface area contributed by atoms with Crippen molar-refractivity contribution in [2.75, 3.05) is 18.7 Å². The Hall–Kier alpha value is -2.83. The number of anilines is 1. The highest BCUT2D eigenvalue weighted by atomic mass is 16.7. The molecule has 2 bridgehead atoms. The first-order valence-corrected chi connectivity index (χ1v) is 9.35. The third-order valence-corrected chi connectivity index (χ3v) is 6.07. The molecule has 1 saturated carbocycles. The van der Waals surface area contributed by atoms with Crippen LogP contribution in [-0.4, -0.2) is 36.0 Å². The minimum atomic E-state index is -0.245. The average molecular weight is 368 g/mol. The number of nitrogens with zero attached hydrogens (tertiary/aromatic N) is 1. The van der Waals surface area contributed by atoms with Crippen molar-refractivity contribution in [3.8, 4) is 11.5 Å². The second kappa shape index (κ2) is 6.11. The summed E-state index contributed by atoms with van der Waals surface area (Å²) in [6, 6.07) is 5.17. The molecule has 1 aromatic carbocycles. The highest BCUT2D eigenvalue weighted by molar-refractivity contribution is 6.06. The molecule has 1 N–H and O–H groups in total. The molecule has 4 atom stereocenters. The Morgan fingerprint density at radius 3 is 2.37 bits per heavy atom. The summed E-state index contributed by atoms with van der Waals surface area (Å²) in [5.74, 6) is 0.659. The molecule has 0 unspecified atom stereocenters. The van der Waals surface area contributed by atoms with Crippen molar-refractivity contribution in [2.24, 2.45) is 23.7 Å². The highest BCUT2D eigenvalue weighted by Crippen LogP contribution is 2.49. The van der Waals surface area contributed by atoms with Gasteiger partial charge in [-0.05, 0) is 36.8 Å². The lowest BCUT2D eigenvalue weighted by molar-refractivity contribution is -0.140. The van der Waals surface area contributed by atoms with Crippen LogP contribution in [0.2, 0.25) is 0 Å². The van der Waals surface area contributed by atoms with Crippen LogP contribution in [0.25, 0.3) is 0 Å². The number of nitrogens with one attached hydrogen (secondary N) is 1. The van der Waals surface area contributed by atoms with E-state index in [4.69, 9.17) is 9.47 Å². The molecular formula is C20H20N2O5. The summed E-state index contributed by atoms with van der Waals surface area (Å²) in [7, 11) is 0. The van der Waals surface area contributed by atoms with Crippen LogP contribution in [0.5, 0.6) is 11.5 Å². The zero-order valence-electron chi connectivity index (χ0n) is 14.7. The predicted octanol–water partition coefficient (Wildman–Crippen LogP) is 1.94. The number of imide groups is 1. The molecule has 0 spiro atoms. The quantitative estimate of drug-likeness (QED) is 0.649. The molecule has 2 heterocycles. The Bertz CT molecular complexity index is 832. The van der Waals surface area contributed by atoms with Crippen molar-refractivity contribution in [3.63, 3.8) is 0 Å². The molecular weight excluding hydrogens is 348 g/mol. The fourth-order valence-electron chi connectivity index (χ4n) is 4.77. The first-order chi connectivity index (χ1) is 13.1. The molecule has 7 nitrogen and oxygen atoms in total. The third-order valence-electron chi connectivity index (χ3n) is 6.07. The second-order valence-corrected chi connectivity index (χ2v) is 7.54. The Labute approximate surface area is 156 Å². The first kappa shape index (κ1) is 16.4. The van der Waals surface area contributed by atoms with E-state index in [9.17, 15) is 14.4 Å². The Kier molecular flexibility index (Phi) is 3.70. The fraction of sp³-hybridized carbons (Fsp3) is 0.450. The molecule has 7 heteroatoms. The molecule has 6 rings (SSSR count). The topological polar surface area (TPSA) is 84.9 Å². The molecule has 0 aromatic heterocycles. The van der Waals surface area contributed by atoms with E-state index in [-0.39, 0.29) is 61.2 Å². The van der Waals surface area contributed by atoms with Gasteiger partial charge in [0.1, 0.15) is 0 Å². The molecule has 1 aromatic rings. The number of benzene rings is 1. The Morgan fingerprint density at radius 1 is 1.04 bits per heavy atom. The zero-order valence-corrected chi connectivity index (χ0v) is 14.7. The standard InChI is InChI=1S/C20H20N2O5/c23-16(21-13-5-6-14-15(9-13)27-10-26-14)7-8-22-19(24)17-11-1-2-12(4-3-11)18(17)20(22)25/h1-2,5-6,9,11-12,17-18H,3-4,7-8,10H2,(H,21,23)/t11-,12-,17-,18+/m0/s1. The number of rotatable bonds is 4. The molecule has 1 saturated heterocycles. The van der Waals surface area contributed by atoms with Crippen molar-refractivity contribution >= 4 is 23.4 Å². The van der Waals surface area contributed by atoms with Crippen molar-refractivity contribution in [1.82, 2.24) is 4.90 Å². The second-order valence-electron chi connectivity index (χ2n) is 7.54. The van der Waals surface area contributed by atoms with E-state index in [0.717, 1.165) is 12.8 Å². The number of fused-ring (bicyclic) bond motifs is 2. The van der Waals surface area contributed by atoms with Gasteiger partial charge in [-0.3, -0.25) is 19.3 Å². The SMILES string of the molecule is O=C(CCN1C(=O)[C@@H]2[C@H](C1=O)[C@H]1C=C[C@H]2CC1)Nc1ccc2c(c1)OCO2. The molecule has 2 fully saturated rings. The van der Waals surface area contributed by atoms with Crippen LogP contribution in [0.1, 0.15) is 19.3 Å². The number of hydrogen-bond acceptors (Lipinski definition) is 5. The lowest BCUT2D eigenvalue weighted by Gasteiger charge is -2.38. The number of likely N-dealkylation sites (tertiary alicyclic amines) is 1. The molecule has 3 amide bonds. The van der Waals surface area contributed by atoms with Gasteiger partial charge in [-0.25, -0.2) is 0 Å². The van der Waals surface area contributed by atoms with E-state index < -0.39 is 0 Å². The van der Waals surface area contributed by atoms with E-state index in [0.29, 0.717) is 17.2 Å². The Balaban J connectivity index is 1.22. The molecule has 2 aliphatic heterocycles. The first-order valence-electron chi connectivity index (χ1n) is 9.35. The minimum Gasteiger partial charge on any atom is -0.454 e. The van der Waals surface area contributed by atoms with E-state index in [1.807, 2.05) is 0 Å². The van der Waals surface area contributed by atoms with Gasteiger partial charge in [-0.2, -0.15) is 0 Å². The molecule has 140 valence electrons. The van der Waals surface area contributed by atoms with Crippen molar-refractivity contribution in [3.05, 3.63) is 30.4 Å². The van der Waals surface area contributed by atoms with E-state index in [1.54, 1.807) is 18.2 Å². The third kappa shape index (κ3) is 2.60. The summed E-state index contributed by atoms with van der Waals surface area (Å²) in [6.45, 7) is 0.297. The largest absolute Gasteiger partial charge is 0.454 e. The summed E-state index contributed by atoms with van der Waals surface area (Å²) >= 11 is 0. The van der Waals surface area contributed by atoms with Gasteiger partial charge in [-0.15, -0.1) is 0 Å². The van der Waals surface area contributed by atoms with E-state index >= 15 is 0 Å². The van der Waals surface area contributed by atoms with Gasteiger partial charge in [0, 0.05) is 24.7 Å². The van der Waals surface area contributed by atoms with Crippen molar-refractivity contribution in [1.29, 1.82) is 0 Å². The maximum absolute atomic E-state index is 12.7. The summed E-state index contributed by atoms with van der Waals surface area (Å²) < 4.78 is 10.5. The predicted molar refractivity (Wildman–Crippen MR) is 94.9 cm³/mol. The van der Waals surface area contributed by atoms with Gasteiger partial charge in [0.05, 0.1) is 11.8 Å². The monoisotopic (exact) mass is 368 g/mol. The average Bonchev–Trinajstić information content (AvgIpc) is 3.25. The van der Waals surface area contributed by atoms with Crippen LogP contribution in [-0.2, 0) is 14.4 Å². The summed E-state index contributed by atoms with van der Waals surface area (Å²) in [5, 5.41) is 2.78. The number of carbonyl (C=O) groups is 3. The number of carbonyl (C=O) groups excluding carboxylic acids is 3. The van der Waals surface area contributed by atoms with E-state index in [1.165, 1.54) is 4.90 Å². The molecule has 5 aliphatic rings. The number of hydrogen-bond donors (Lipinski definition) is 1. The van der Waals surface area contributed by atoms with Crippen LogP contribution in [0.3, 0.4) is 0 Å². The Morgan fingerprint density at radius 2 is 1.70 bits per heavy atom. The van der Waals surface area contributed by atoms with E-state index in [2.05, 4.69) is 17.5 Å². The van der Waals surface area contributed by atoms with Gasteiger partial charge in [-0.1, -0.05) is 12.2 Å². The number of allylic oxidation sites excluding steroid dienone is 2. The smallest absolute Gasteiger partial charge is 0.233 e. The van der Waals surface area contributed by atoms with Crippen LogP contribution in [0.4, 0.5) is 5.69 Å². The highest BCUT2D eigenvalue weighted by Gasteiger charge is 2.56. The molecule has 27 heavy (non-hydrogen) atoms. The van der Waals surface area contributed by atoms with Gasteiger partial charge in [0.2, 0.25) is 24.5 Å². The van der Waals surface area contributed by atoms with Crippen molar-refractivity contribution in [2.45, 2.75) is 19.3 Å². The normalized spacial score (nSPS) is 30.0. The fourth-order valence-corrected chi connectivity index (χ4v) is 4.77. The van der Waals surface area contributed by atoms with Crippen LogP contribution in [0, 0.1) is 23.7 Å². The lowest BCUT2D eigenvalue weighted by Crippen LogP contribution is -2.38. The summed E-state index contributed by atoms with van der Waals surface area (Å²) in [5.41, 5.74) is 0.597. The van der Waals surface area contributed by atoms with Gasteiger partial charge in [0.15, 0.2) is 11.5 Å². The van der Waals surface area contributed by atoms with Gasteiger partial charge >= 0.3 is 0 Å². The lowest BCUT2D eigenvalue weighted by atomic mass is 9.63. The van der Waals surface area contributed by atoms with Crippen molar-refractivity contribution < 1.29 is 23.9 Å². The molecule has 3 aliphatic carbocycles.